The number of para-hydroxylation sites is 2. The van der Waals surface area contributed by atoms with Gasteiger partial charge in [-0.25, -0.2) is 9.59 Å². The largest absolute Gasteiger partial charge is 0.495 e. The maximum Gasteiger partial charge on any atom is 0.326 e. The third kappa shape index (κ3) is 3.65. The first kappa shape index (κ1) is 15.2. The molecule has 114 valence electrons. The normalized spacial score (nSPS) is 18.7. The quantitative estimate of drug-likeness (QED) is 0.897. The highest BCUT2D eigenvalue weighted by molar-refractivity contribution is 5.93. The van der Waals surface area contributed by atoms with Gasteiger partial charge >= 0.3 is 12.0 Å². The van der Waals surface area contributed by atoms with Crippen molar-refractivity contribution < 1.29 is 19.4 Å². The Kier molecular flexibility index (Phi) is 5.03. The predicted octanol–water partition coefficient (Wildman–Crippen LogP) is 2.56. The zero-order chi connectivity index (χ0) is 15.2. The molecule has 6 heteroatoms. The number of hydrogen-bond acceptors (Lipinski definition) is 3. The van der Waals surface area contributed by atoms with Crippen LogP contribution in [-0.4, -0.2) is 41.7 Å². The fourth-order valence-corrected chi connectivity index (χ4v) is 2.54. The monoisotopic (exact) mass is 292 g/mol. The minimum atomic E-state index is -0.952. The smallest absolute Gasteiger partial charge is 0.326 e. The van der Waals surface area contributed by atoms with Gasteiger partial charge in [0.05, 0.1) is 12.8 Å². The van der Waals surface area contributed by atoms with Crippen molar-refractivity contribution in [2.24, 2.45) is 0 Å². The SMILES string of the molecule is COc1ccccc1NC(=O)N1CCCCCC1C(=O)O. The van der Waals surface area contributed by atoms with Gasteiger partial charge in [-0.1, -0.05) is 25.0 Å². The summed E-state index contributed by atoms with van der Waals surface area (Å²) >= 11 is 0. The molecule has 0 aliphatic carbocycles. The van der Waals surface area contributed by atoms with Crippen molar-refractivity contribution in [1.29, 1.82) is 0 Å². The van der Waals surface area contributed by atoms with Crippen LogP contribution in [0.2, 0.25) is 0 Å². The lowest BCUT2D eigenvalue weighted by atomic mass is 10.1. The van der Waals surface area contributed by atoms with E-state index in [1.807, 2.05) is 0 Å². The average Bonchev–Trinajstić information content (AvgIpc) is 2.73. The standard InChI is InChI=1S/C15H20N2O4/c1-21-13-9-5-4-7-11(13)16-15(20)17-10-6-2-3-8-12(17)14(18)19/h4-5,7,9,12H,2-3,6,8,10H2,1H3,(H,16,20)(H,18,19). The van der Waals surface area contributed by atoms with Gasteiger partial charge in [0.15, 0.2) is 0 Å². The molecule has 2 N–H and O–H groups in total. The number of methoxy groups -OCH3 is 1. The van der Waals surface area contributed by atoms with Gasteiger partial charge in [-0.3, -0.25) is 0 Å². The van der Waals surface area contributed by atoms with Crippen LogP contribution in [0.4, 0.5) is 10.5 Å². The number of ether oxygens (including phenoxy) is 1. The van der Waals surface area contributed by atoms with E-state index in [-0.39, 0.29) is 0 Å². The molecule has 1 fully saturated rings. The van der Waals surface area contributed by atoms with Crippen molar-refractivity contribution in [2.45, 2.75) is 31.7 Å². The van der Waals surface area contributed by atoms with Gasteiger partial charge in [-0.05, 0) is 25.0 Å². The molecule has 0 radical (unpaired) electrons. The zero-order valence-electron chi connectivity index (χ0n) is 12.0. The fraction of sp³-hybridized carbons (Fsp3) is 0.467. The molecular weight excluding hydrogens is 272 g/mol. The number of nitrogens with one attached hydrogen (secondary N) is 1. The Hall–Kier alpha value is -2.24. The molecule has 1 atom stereocenters. The second kappa shape index (κ2) is 6.97. The van der Waals surface area contributed by atoms with Crippen LogP contribution in [0.3, 0.4) is 0 Å². The van der Waals surface area contributed by atoms with E-state index in [0.717, 1.165) is 19.3 Å². The third-order valence-electron chi connectivity index (χ3n) is 3.65. The number of hydrogen-bond donors (Lipinski definition) is 2. The van der Waals surface area contributed by atoms with Gasteiger partial charge < -0.3 is 20.1 Å². The van der Waals surface area contributed by atoms with E-state index < -0.39 is 18.0 Å². The van der Waals surface area contributed by atoms with Gasteiger partial charge in [0.25, 0.3) is 0 Å². The number of carboxylic acids is 1. The predicted molar refractivity (Wildman–Crippen MR) is 78.6 cm³/mol. The number of aliphatic carboxylic acids is 1. The number of anilines is 1. The van der Waals surface area contributed by atoms with Crippen LogP contribution in [0.15, 0.2) is 24.3 Å². The Balaban J connectivity index is 2.15. The van der Waals surface area contributed by atoms with Gasteiger partial charge in [0.2, 0.25) is 0 Å². The summed E-state index contributed by atoms with van der Waals surface area (Å²) in [5.41, 5.74) is 0.540. The number of urea groups is 1. The number of rotatable bonds is 3. The van der Waals surface area contributed by atoms with Crippen LogP contribution in [0.5, 0.6) is 5.75 Å². The van der Waals surface area contributed by atoms with Gasteiger partial charge in [-0.15, -0.1) is 0 Å². The summed E-state index contributed by atoms with van der Waals surface area (Å²) in [7, 11) is 1.52. The second-order valence-electron chi connectivity index (χ2n) is 5.03. The highest BCUT2D eigenvalue weighted by Gasteiger charge is 2.31. The summed E-state index contributed by atoms with van der Waals surface area (Å²) in [5, 5.41) is 12.0. The average molecular weight is 292 g/mol. The number of amides is 2. The van der Waals surface area contributed by atoms with Crippen LogP contribution < -0.4 is 10.1 Å². The van der Waals surface area contributed by atoms with E-state index in [1.54, 1.807) is 24.3 Å². The number of carbonyl (C=O) groups is 2. The number of nitrogens with zero attached hydrogens (tertiary/aromatic N) is 1. The number of benzene rings is 1. The highest BCUT2D eigenvalue weighted by Crippen LogP contribution is 2.25. The van der Waals surface area contributed by atoms with Crippen molar-refractivity contribution in [1.82, 2.24) is 4.90 Å². The minimum absolute atomic E-state index is 0.395. The molecule has 21 heavy (non-hydrogen) atoms. The zero-order valence-corrected chi connectivity index (χ0v) is 12.0. The Morgan fingerprint density at radius 2 is 2.05 bits per heavy atom. The van der Waals surface area contributed by atoms with Crippen LogP contribution in [0, 0.1) is 0 Å². The van der Waals surface area contributed by atoms with Crippen molar-refractivity contribution in [3.05, 3.63) is 24.3 Å². The van der Waals surface area contributed by atoms with Crippen molar-refractivity contribution >= 4 is 17.7 Å². The van der Waals surface area contributed by atoms with Gasteiger partial charge in [0, 0.05) is 6.54 Å². The van der Waals surface area contributed by atoms with E-state index in [1.165, 1.54) is 12.0 Å². The minimum Gasteiger partial charge on any atom is -0.495 e. The molecule has 2 rings (SSSR count). The lowest BCUT2D eigenvalue weighted by molar-refractivity contribution is -0.142. The van der Waals surface area contributed by atoms with Gasteiger partial charge in [0.1, 0.15) is 11.8 Å². The molecule has 0 saturated carbocycles. The maximum absolute atomic E-state index is 12.4. The Labute approximate surface area is 123 Å². The molecule has 6 nitrogen and oxygen atoms in total. The molecule has 1 aliphatic rings. The van der Waals surface area contributed by atoms with E-state index in [4.69, 9.17) is 4.74 Å². The summed E-state index contributed by atoms with van der Waals surface area (Å²) in [6.45, 7) is 0.456. The Bertz CT molecular complexity index is 518. The van der Waals surface area contributed by atoms with Crippen LogP contribution in [0.25, 0.3) is 0 Å². The molecular formula is C15H20N2O4. The molecule has 0 spiro atoms. The Morgan fingerprint density at radius 1 is 1.29 bits per heavy atom. The molecule has 0 bridgehead atoms. The molecule has 1 unspecified atom stereocenters. The fourth-order valence-electron chi connectivity index (χ4n) is 2.54. The first-order valence-electron chi connectivity index (χ1n) is 7.07. The first-order chi connectivity index (χ1) is 10.1. The first-order valence-corrected chi connectivity index (χ1v) is 7.07. The summed E-state index contributed by atoms with van der Waals surface area (Å²) in [5.74, 6) is -0.403. The molecule has 1 aromatic rings. The molecule has 1 saturated heterocycles. The second-order valence-corrected chi connectivity index (χ2v) is 5.03. The molecule has 0 aromatic heterocycles. The number of carbonyl (C=O) groups excluding carboxylic acids is 1. The molecule has 1 aromatic carbocycles. The van der Waals surface area contributed by atoms with E-state index >= 15 is 0 Å². The lowest BCUT2D eigenvalue weighted by Crippen LogP contribution is -2.46. The summed E-state index contributed by atoms with van der Waals surface area (Å²) in [6, 6.07) is 5.91. The van der Waals surface area contributed by atoms with E-state index in [9.17, 15) is 14.7 Å². The maximum atomic E-state index is 12.4. The van der Waals surface area contributed by atoms with Crippen LogP contribution in [-0.2, 0) is 4.79 Å². The van der Waals surface area contributed by atoms with Gasteiger partial charge in [-0.2, -0.15) is 0 Å². The molecule has 1 heterocycles. The summed E-state index contributed by atoms with van der Waals surface area (Å²) in [6.07, 6.45) is 3.09. The van der Waals surface area contributed by atoms with Crippen LogP contribution >= 0.6 is 0 Å². The third-order valence-corrected chi connectivity index (χ3v) is 3.65. The highest BCUT2D eigenvalue weighted by atomic mass is 16.5. The number of likely N-dealkylation sites (tertiary alicyclic amines) is 1. The summed E-state index contributed by atoms with van der Waals surface area (Å²) in [4.78, 5) is 25.2. The summed E-state index contributed by atoms with van der Waals surface area (Å²) < 4.78 is 5.18. The van der Waals surface area contributed by atoms with E-state index in [0.29, 0.717) is 24.4 Å². The molecule has 2 amide bonds. The van der Waals surface area contributed by atoms with Crippen LogP contribution in [0.1, 0.15) is 25.7 Å². The molecule has 1 aliphatic heterocycles. The van der Waals surface area contributed by atoms with Crippen molar-refractivity contribution in [2.75, 3.05) is 19.0 Å². The van der Waals surface area contributed by atoms with Crippen molar-refractivity contribution in [3.8, 4) is 5.75 Å². The number of carboxylic acid groups (broad SMARTS) is 1. The lowest BCUT2D eigenvalue weighted by Gasteiger charge is -2.27. The Morgan fingerprint density at radius 3 is 2.76 bits per heavy atom. The van der Waals surface area contributed by atoms with E-state index in [2.05, 4.69) is 5.32 Å². The topological polar surface area (TPSA) is 78.9 Å². The van der Waals surface area contributed by atoms with Crippen molar-refractivity contribution in [3.63, 3.8) is 0 Å².